The van der Waals surface area contributed by atoms with E-state index < -0.39 is 39.7 Å². The van der Waals surface area contributed by atoms with Crippen LogP contribution in [-0.4, -0.2) is 53.9 Å². The zero-order valence-electron chi connectivity index (χ0n) is 16.3. The summed E-state index contributed by atoms with van der Waals surface area (Å²) in [6, 6.07) is 8.89. The van der Waals surface area contributed by atoms with Gasteiger partial charge in [0, 0.05) is 13.0 Å². The number of rotatable bonds is 6. The maximum Gasteiger partial charge on any atom is 0.271 e. The Morgan fingerprint density at radius 3 is 2.84 bits per heavy atom. The lowest BCUT2D eigenvalue weighted by Crippen LogP contribution is -2.32. The fourth-order valence-corrected chi connectivity index (χ4v) is 4.02. The lowest BCUT2D eigenvalue weighted by molar-refractivity contribution is 0.0949. The first-order chi connectivity index (χ1) is 14.7. The maximum absolute atomic E-state index is 14.3. The summed E-state index contributed by atoms with van der Waals surface area (Å²) in [5, 5.41) is 11.8. The van der Waals surface area contributed by atoms with Gasteiger partial charge in [0.2, 0.25) is 10.0 Å². The Hall–Kier alpha value is -3.12. The Morgan fingerprint density at radius 1 is 1.29 bits per heavy atom. The fourth-order valence-electron chi connectivity index (χ4n) is 3.64. The lowest BCUT2D eigenvalue weighted by Gasteiger charge is -2.25. The average molecular weight is 450 g/mol. The number of benzene rings is 1. The van der Waals surface area contributed by atoms with Gasteiger partial charge in [0.05, 0.1) is 24.5 Å². The van der Waals surface area contributed by atoms with Crippen molar-refractivity contribution in [3.63, 3.8) is 0 Å². The molecular weight excluding hydrogens is 430 g/mol. The topological polar surface area (TPSA) is 123 Å². The van der Waals surface area contributed by atoms with Crippen LogP contribution < -0.4 is 15.4 Å². The van der Waals surface area contributed by atoms with E-state index in [4.69, 9.17) is 5.14 Å². The highest BCUT2D eigenvalue weighted by Gasteiger charge is 2.34. The number of carbonyl (C=O) groups is 1. The second-order valence-electron chi connectivity index (χ2n) is 7.28. The van der Waals surface area contributed by atoms with Crippen LogP contribution in [-0.2, 0) is 10.0 Å². The third kappa shape index (κ3) is 4.64. The Morgan fingerprint density at radius 2 is 2.10 bits per heavy atom. The average Bonchev–Trinajstić information content (AvgIpc) is 3.30. The number of sulfonamides is 1. The van der Waals surface area contributed by atoms with Crippen LogP contribution in [0.15, 0.2) is 42.6 Å². The van der Waals surface area contributed by atoms with Gasteiger partial charge in [0.25, 0.3) is 5.91 Å². The predicted molar refractivity (Wildman–Crippen MR) is 109 cm³/mol. The second-order valence-corrected chi connectivity index (χ2v) is 9.02. The van der Waals surface area contributed by atoms with Crippen molar-refractivity contribution in [2.45, 2.75) is 18.6 Å². The minimum Gasteiger partial charge on any atom is -0.350 e. The van der Waals surface area contributed by atoms with Crippen molar-refractivity contribution in [3.05, 3.63) is 59.7 Å². The van der Waals surface area contributed by atoms with Crippen LogP contribution in [0.25, 0.3) is 5.65 Å². The Labute approximate surface area is 176 Å². The number of primary sulfonamides is 1. The number of anilines is 1. The summed E-state index contributed by atoms with van der Waals surface area (Å²) in [7, 11) is -3.71. The van der Waals surface area contributed by atoms with Crippen LogP contribution in [0.5, 0.6) is 0 Å². The van der Waals surface area contributed by atoms with Gasteiger partial charge in [0.1, 0.15) is 17.8 Å². The van der Waals surface area contributed by atoms with Crippen molar-refractivity contribution in [2.24, 2.45) is 5.14 Å². The normalized spacial score (nSPS) is 19.1. The molecule has 0 unspecified atom stereocenters. The van der Waals surface area contributed by atoms with Crippen LogP contribution in [0, 0.1) is 5.82 Å². The molecule has 12 heteroatoms. The third-order valence-electron chi connectivity index (χ3n) is 5.03. The molecule has 1 aliphatic rings. The molecule has 0 bridgehead atoms. The van der Waals surface area contributed by atoms with E-state index in [9.17, 15) is 22.0 Å². The maximum atomic E-state index is 14.3. The van der Waals surface area contributed by atoms with Crippen molar-refractivity contribution < 1.29 is 22.0 Å². The standard InChI is InChI=1S/C19H20F2N6O3S/c20-13-3-1-2-12(8-13)15-9-14(21)11-26(15)18-5-4-17-24-10-16(27(17)25-18)19(28)23-6-7-31(22,29)30/h1-5,8,10,14-15H,6-7,9,11H2,(H,23,28)(H2,22,29,30)/t14-,15+/m0/s1. The fraction of sp³-hybridized carbons (Fsp3) is 0.316. The summed E-state index contributed by atoms with van der Waals surface area (Å²) < 4.78 is 51.4. The Kier molecular flexibility index (Phi) is 5.58. The first kappa shape index (κ1) is 21.1. The molecule has 9 nitrogen and oxygen atoms in total. The molecule has 3 heterocycles. The number of aromatic nitrogens is 3. The highest BCUT2D eigenvalue weighted by atomic mass is 32.2. The highest BCUT2D eigenvalue weighted by Crippen LogP contribution is 2.36. The van der Waals surface area contributed by atoms with Crippen molar-refractivity contribution in [3.8, 4) is 0 Å². The van der Waals surface area contributed by atoms with Crippen LogP contribution in [0.2, 0.25) is 0 Å². The molecule has 0 saturated carbocycles. The smallest absolute Gasteiger partial charge is 0.271 e. The van der Waals surface area contributed by atoms with Crippen molar-refractivity contribution in [1.82, 2.24) is 19.9 Å². The minimum absolute atomic E-state index is 0.0737. The van der Waals surface area contributed by atoms with Gasteiger partial charge in [-0.25, -0.2) is 31.8 Å². The molecule has 0 aliphatic carbocycles. The number of nitrogens with one attached hydrogen (secondary N) is 1. The summed E-state index contributed by atoms with van der Waals surface area (Å²) in [6.07, 6.45) is 0.382. The number of hydrogen-bond donors (Lipinski definition) is 2. The lowest BCUT2D eigenvalue weighted by atomic mass is 10.0. The molecule has 4 rings (SSSR count). The molecule has 1 amide bonds. The van der Waals surface area contributed by atoms with Crippen LogP contribution in [0.4, 0.5) is 14.6 Å². The van der Waals surface area contributed by atoms with Crippen LogP contribution in [0.1, 0.15) is 28.5 Å². The largest absolute Gasteiger partial charge is 0.350 e. The van der Waals surface area contributed by atoms with E-state index in [1.54, 1.807) is 29.2 Å². The van der Waals surface area contributed by atoms with Gasteiger partial charge in [-0.05, 0) is 29.8 Å². The molecule has 0 spiro atoms. The number of halogens is 2. The Balaban J connectivity index is 1.62. The van der Waals surface area contributed by atoms with Crippen molar-refractivity contribution >= 4 is 27.4 Å². The zero-order valence-corrected chi connectivity index (χ0v) is 17.1. The van der Waals surface area contributed by atoms with Crippen molar-refractivity contribution in [2.75, 3.05) is 23.7 Å². The summed E-state index contributed by atoms with van der Waals surface area (Å²) in [6.45, 7) is -0.0911. The van der Waals surface area contributed by atoms with Crippen molar-refractivity contribution in [1.29, 1.82) is 0 Å². The molecule has 3 aromatic rings. The molecule has 2 atom stereocenters. The number of carbonyl (C=O) groups excluding carboxylic acids is 1. The van der Waals surface area contributed by atoms with Gasteiger partial charge in [0.15, 0.2) is 11.3 Å². The first-order valence-corrected chi connectivity index (χ1v) is 11.2. The molecule has 1 aliphatic heterocycles. The number of nitrogens with two attached hydrogens (primary N) is 1. The number of amides is 1. The highest BCUT2D eigenvalue weighted by molar-refractivity contribution is 7.89. The van der Waals surface area contributed by atoms with E-state index in [1.807, 2.05) is 0 Å². The Bertz CT molecular complexity index is 1230. The minimum atomic E-state index is -3.71. The predicted octanol–water partition coefficient (Wildman–Crippen LogP) is 1.18. The van der Waals surface area contributed by atoms with E-state index in [0.717, 1.165) is 0 Å². The molecule has 1 aromatic carbocycles. The van der Waals surface area contributed by atoms with E-state index in [0.29, 0.717) is 17.0 Å². The summed E-state index contributed by atoms with van der Waals surface area (Å²) in [4.78, 5) is 18.3. The van der Waals surface area contributed by atoms with Crippen LogP contribution in [0.3, 0.4) is 0 Å². The van der Waals surface area contributed by atoms with Gasteiger partial charge < -0.3 is 10.2 Å². The van der Waals surface area contributed by atoms with E-state index in [1.165, 1.54) is 22.8 Å². The number of nitrogens with zero attached hydrogens (tertiary/aromatic N) is 4. The summed E-state index contributed by atoms with van der Waals surface area (Å²) >= 11 is 0. The molecular formula is C19H20F2N6O3S. The van der Waals surface area contributed by atoms with Gasteiger partial charge in [-0.3, -0.25) is 4.79 Å². The zero-order chi connectivity index (χ0) is 22.2. The monoisotopic (exact) mass is 450 g/mol. The second kappa shape index (κ2) is 8.19. The molecule has 164 valence electrons. The van der Waals surface area contributed by atoms with E-state index >= 15 is 0 Å². The van der Waals surface area contributed by atoms with E-state index in [-0.39, 0.29) is 25.2 Å². The van der Waals surface area contributed by atoms with Gasteiger partial charge in [-0.2, -0.15) is 0 Å². The van der Waals surface area contributed by atoms with Crippen LogP contribution >= 0.6 is 0 Å². The molecule has 2 aromatic heterocycles. The molecule has 1 fully saturated rings. The number of fused-ring (bicyclic) bond motifs is 1. The molecule has 1 saturated heterocycles. The van der Waals surface area contributed by atoms with Gasteiger partial charge in [-0.15, -0.1) is 5.10 Å². The third-order valence-corrected chi connectivity index (χ3v) is 5.80. The molecule has 0 radical (unpaired) electrons. The number of hydrogen-bond acceptors (Lipinski definition) is 6. The summed E-state index contributed by atoms with van der Waals surface area (Å²) in [5.41, 5.74) is 1.11. The first-order valence-electron chi connectivity index (χ1n) is 9.51. The number of imidazole rings is 1. The quantitative estimate of drug-likeness (QED) is 0.581. The van der Waals surface area contributed by atoms with E-state index in [2.05, 4.69) is 15.4 Å². The van der Waals surface area contributed by atoms with Gasteiger partial charge in [-0.1, -0.05) is 12.1 Å². The molecule has 3 N–H and O–H groups in total. The number of alkyl halides is 1. The SMILES string of the molecule is NS(=O)(=O)CCNC(=O)c1cnc2ccc(N3C[C@@H](F)C[C@@H]3c3cccc(F)c3)nn12. The summed E-state index contributed by atoms with van der Waals surface area (Å²) in [5.74, 6) is -0.989. The van der Waals surface area contributed by atoms with Gasteiger partial charge >= 0.3 is 0 Å². The molecule has 31 heavy (non-hydrogen) atoms.